The van der Waals surface area contributed by atoms with Gasteiger partial charge in [-0.3, -0.25) is 4.79 Å². The van der Waals surface area contributed by atoms with E-state index < -0.39 is 0 Å². The first-order valence-corrected chi connectivity index (χ1v) is 6.42. The minimum Gasteiger partial charge on any atom is -0.385 e. The summed E-state index contributed by atoms with van der Waals surface area (Å²) in [7, 11) is 1.69. The van der Waals surface area contributed by atoms with Crippen LogP contribution in [-0.4, -0.2) is 34.6 Å². The Balaban J connectivity index is 2.12. The normalized spacial score (nSPS) is 15.6. The Bertz CT molecular complexity index is 412. The molecule has 1 saturated carbocycles. The van der Waals surface area contributed by atoms with E-state index in [2.05, 4.69) is 10.3 Å². The van der Waals surface area contributed by atoms with E-state index in [1.54, 1.807) is 7.11 Å². The van der Waals surface area contributed by atoms with E-state index in [1.807, 2.05) is 4.68 Å². The van der Waals surface area contributed by atoms with Gasteiger partial charge in [0.25, 0.3) is 0 Å². The quantitative estimate of drug-likeness (QED) is 0.721. The SMILES string of the molecule is COCCCn1nnc(CC(N)=O)c1C1CCC1. The first-order chi connectivity index (χ1) is 8.72. The molecule has 1 heterocycles. The van der Waals surface area contributed by atoms with Gasteiger partial charge >= 0.3 is 0 Å². The number of hydrogen-bond acceptors (Lipinski definition) is 4. The van der Waals surface area contributed by atoms with Crippen LogP contribution in [0.25, 0.3) is 0 Å². The molecule has 0 spiro atoms. The van der Waals surface area contributed by atoms with Crippen LogP contribution in [0.1, 0.15) is 43.0 Å². The van der Waals surface area contributed by atoms with Gasteiger partial charge in [-0.15, -0.1) is 5.10 Å². The van der Waals surface area contributed by atoms with Gasteiger partial charge < -0.3 is 10.5 Å². The summed E-state index contributed by atoms with van der Waals surface area (Å²) in [6.45, 7) is 1.49. The summed E-state index contributed by atoms with van der Waals surface area (Å²) >= 11 is 0. The zero-order valence-corrected chi connectivity index (χ0v) is 10.8. The second-order valence-electron chi connectivity index (χ2n) is 4.76. The van der Waals surface area contributed by atoms with E-state index >= 15 is 0 Å². The molecular formula is C12H20N4O2. The maximum Gasteiger partial charge on any atom is 0.223 e. The molecule has 2 N–H and O–H groups in total. The molecule has 1 amide bonds. The van der Waals surface area contributed by atoms with Gasteiger partial charge in [-0.1, -0.05) is 11.6 Å². The van der Waals surface area contributed by atoms with E-state index in [9.17, 15) is 4.79 Å². The fraction of sp³-hybridized carbons (Fsp3) is 0.750. The van der Waals surface area contributed by atoms with E-state index in [1.165, 1.54) is 6.42 Å². The molecule has 18 heavy (non-hydrogen) atoms. The van der Waals surface area contributed by atoms with Crippen LogP contribution in [-0.2, 0) is 22.5 Å². The van der Waals surface area contributed by atoms with Crippen molar-refractivity contribution >= 4 is 5.91 Å². The summed E-state index contributed by atoms with van der Waals surface area (Å²) in [4.78, 5) is 11.0. The van der Waals surface area contributed by atoms with Crippen molar-refractivity contribution in [2.45, 2.75) is 44.6 Å². The second kappa shape index (κ2) is 5.95. The summed E-state index contributed by atoms with van der Waals surface area (Å²) in [5.74, 6) is 0.149. The van der Waals surface area contributed by atoms with Crippen LogP contribution in [0.15, 0.2) is 0 Å². The summed E-state index contributed by atoms with van der Waals surface area (Å²) in [6.07, 6.45) is 4.64. The summed E-state index contributed by atoms with van der Waals surface area (Å²) in [5.41, 5.74) is 7.11. The molecule has 6 nitrogen and oxygen atoms in total. The van der Waals surface area contributed by atoms with Crippen molar-refractivity contribution in [3.63, 3.8) is 0 Å². The number of aryl methyl sites for hydroxylation is 1. The zero-order chi connectivity index (χ0) is 13.0. The molecule has 100 valence electrons. The molecule has 1 aliphatic rings. The fourth-order valence-electron chi connectivity index (χ4n) is 2.30. The van der Waals surface area contributed by atoms with Crippen molar-refractivity contribution in [1.82, 2.24) is 15.0 Å². The second-order valence-corrected chi connectivity index (χ2v) is 4.76. The Morgan fingerprint density at radius 3 is 2.89 bits per heavy atom. The number of carbonyl (C=O) groups is 1. The molecule has 1 aliphatic carbocycles. The van der Waals surface area contributed by atoms with E-state index in [4.69, 9.17) is 10.5 Å². The first-order valence-electron chi connectivity index (χ1n) is 6.42. The van der Waals surface area contributed by atoms with Gasteiger partial charge in [0.2, 0.25) is 5.91 Å². The molecule has 0 unspecified atom stereocenters. The molecule has 0 aliphatic heterocycles. The predicted octanol–water partition coefficient (Wildman–Crippen LogP) is 0.610. The van der Waals surface area contributed by atoms with Gasteiger partial charge in [0.15, 0.2) is 0 Å². The van der Waals surface area contributed by atoms with Gasteiger partial charge in [-0.2, -0.15) is 0 Å². The highest BCUT2D eigenvalue weighted by Gasteiger charge is 2.27. The molecule has 6 heteroatoms. The Labute approximate surface area is 106 Å². The molecule has 0 saturated heterocycles. The number of amides is 1. The van der Waals surface area contributed by atoms with Crippen molar-refractivity contribution in [1.29, 1.82) is 0 Å². The fourth-order valence-corrected chi connectivity index (χ4v) is 2.30. The van der Waals surface area contributed by atoms with Crippen LogP contribution >= 0.6 is 0 Å². The first kappa shape index (κ1) is 13.0. The third kappa shape index (κ3) is 2.87. The van der Waals surface area contributed by atoms with Crippen LogP contribution in [0.3, 0.4) is 0 Å². The standard InChI is InChI=1S/C12H20N4O2/c1-18-7-3-6-16-12(9-4-2-5-9)10(14-15-16)8-11(13)17/h9H,2-8H2,1H3,(H2,13,17). The summed E-state index contributed by atoms with van der Waals surface area (Å²) < 4.78 is 6.96. The largest absolute Gasteiger partial charge is 0.385 e. The lowest BCUT2D eigenvalue weighted by Gasteiger charge is -2.26. The molecule has 0 radical (unpaired) electrons. The Morgan fingerprint density at radius 2 is 2.33 bits per heavy atom. The lowest BCUT2D eigenvalue weighted by atomic mass is 9.81. The third-order valence-electron chi connectivity index (χ3n) is 3.40. The van der Waals surface area contributed by atoms with Crippen molar-refractivity contribution in [3.8, 4) is 0 Å². The molecular weight excluding hydrogens is 232 g/mol. The monoisotopic (exact) mass is 252 g/mol. The van der Waals surface area contributed by atoms with E-state index in [0.29, 0.717) is 12.5 Å². The van der Waals surface area contributed by atoms with Gasteiger partial charge in [-0.25, -0.2) is 4.68 Å². The number of carbonyl (C=O) groups excluding carboxylic acids is 1. The van der Waals surface area contributed by atoms with Crippen molar-refractivity contribution in [2.24, 2.45) is 5.73 Å². The smallest absolute Gasteiger partial charge is 0.223 e. The average Bonchev–Trinajstić information content (AvgIpc) is 2.60. The number of nitrogens with zero attached hydrogens (tertiary/aromatic N) is 3. The molecule has 0 aromatic carbocycles. The minimum atomic E-state index is -0.348. The number of nitrogens with two attached hydrogens (primary N) is 1. The number of primary amides is 1. The molecule has 1 fully saturated rings. The Kier molecular flexibility index (Phi) is 4.30. The van der Waals surface area contributed by atoms with Gasteiger partial charge in [0.05, 0.1) is 17.8 Å². The van der Waals surface area contributed by atoms with E-state index in [-0.39, 0.29) is 12.3 Å². The van der Waals surface area contributed by atoms with Gasteiger partial charge in [0, 0.05) is 26.2 Å². The number of aromatic nitrogens is 3. The number of hydrogen-bond donors (Lipinski definition) is 1. The number of methoxy groups -OCH3 is 1. The van der Waals surface area contributed by atoms with Gasteiger partial charge in [0.1, 0.15) is 0 Å². The Morgan fingerprint density at radius 1 is 1.56 bits per heavy atom. The molecule has 0 atom stereocenters. The highest BCUT2D eigenvalue weighted by molar-refractivity contribution is 5.76. The van der Waals surface area contributed by atoms with E-state index in [0.717, 1.165) is 37.2 Å². The molecule has 1 aromatic rings. The predicted molar refractivity (Wildman–Crippen MR) is 66.0 cm³/mol. The van der Waals surface area contributed by atoms with Crippen molar-refractivity contribution in [2.75, 3.05) is 13.7 Å². The van der Waals surface area contributed by atoms with Crippen LogP contribution in [0.2, 0.25) is 0 Å². The lowest BCUT2D eigenvalue weighted by molar-refractivity contribution is -0.117. The maximum absolute atomic E-state index is 11.0. The highest BCUT2D eigenvalue weighted by atomic mass is 16.5. The van der Waals surface area contributed by atoms with Crippen LogP contribution in [0, 0.1) is 0 Å². The zero-order valence-electron chi connectivity index (χ0n) is 10.8. The van der Waals surface area contributed by atoms with Crippen molar-refractivity contribution in [3.05, 3.63) is 11.4 Å². The lowest BCUT2D eigenvalue weighted by Crippen LogP contribution is -2.20. The number of ether oxygens (including phenoxy) is 1. The highest BCUT2D eigenvalue weighted by Crippen LogP contribution is 2.37. The minimum absolute atomic E-state index is 0.191. The van der Waals surface area contributed by atoms with Crippen LogP contribution in [0.4, 0.5) is 0 Å². The van der Waals surface area contributed by atoms with Crippen molar-refractivity contribution < 1.29 is 9.53 Å². The molecule has 2 rings (SSSR count). The average molecular weight is 252 g/mol. The van der Waals surface area contributed by atoms with Gasteiger partial charge in [-0.05, 0) is 19.3 Å². The maximum atomic E-state index is 11.0. The topological polar surface area (TPSA) is 83.0 Å². The third-order valence-corrected chi connectivity index (χ3v) is 3.40. The number of rotatable bonds is 7. The summed E-state index contributed by atoms with van der Waals surface area (Å²) in [5, 5.41) is 8.26. The Hall–Kier alpha value is -1.43. The van der Waals surface area contributed by atoms with Crippen LogP contribution in [0.5, 0.6) is 0 Å². The van der Waals surface area contributed by atoms with Crippen LogP contribution < -0.4 is 5.73 Å². The summed E-state index contributed by atoms with van der Waals surface area (Å²) in [6, 6.07) is 0. The molecule has 1 aromatic heterocycles. The molecule has 0 bridgehead atoms.